The number of sulfonamides is 1. The predicted octanol–water partition coefficient (Wildman–Crippen LogP) is 2.75. The SMILES string of the molecule is Cc1ccc(S(=O)(=O)N2CCC(C(=O)N(CCC(N)=O)c3ccc(F)cc3)CC2)cc1C. The molecular formula is C23H28FN3O4S. The Morgan fingerprint density at radius 2 is 1.69 bits per heavy atom. The van der Waals surface area contributed by atoms with E-state index in [0.717, 1.165) is 11.1 Å². The Hall–Kier alpha value is -2.78. The molecule has 172 valence electrons. The first-order valence-corrected chi connectivity index (χ1v) is 12.0. The van der Waals surface area contributed by atoms with Crippen molar-refractivity contribution in [2.24, 2.45) is 11.7 Å². The van der Waals surface area contributed by atoms with Gasteiger partial charge in [-0.25, -0.2) is 12.8 Å². The highest BCUT2D eigenvalue weighted by molar-refractivity contribution is 7.89. The van der Waals surface area contributed by atoms with Crippen molar-refractivity contribution < 1.29 is 22.4 Å². The van der Waals surface area contributed by atoms with Crippen molar-refractivity contribution in [1.82, 2.24) is 4.31 Å². The number of carbonyl (C=O) groups excluding carboxylic acids is 2. The summed E-state index contributed by atoms with van der Waals surface area (Å²) in [5, 5.41) is 0. The molecule has 0 unspecified atom stereocenters. The van der Waals surface area contributed by atoms with E-state index in [1.54, 1.807) is 18.2 Å². The molecule has 1 aliphatic rings. The highest BCUT2D eigenvalue weighted by Crippen LogP contribution is 2.28. The molecule has 0 spiro atoms. The summed E-state index contributed by atoms with van der Waals surface area (Å²) in [6, 6.07) is 10.5. The summed E-state index contributed by atoms with van der Waals surface area (Å²) in [6.45, 7) is 4.32. The van der Waals surface area contributed by atoms with Gasteiger partial charge < -0.3 is 10.6 Å². The summed E-state index contributed by atoms with van der Waals surface area (Å²) in [5.74, 6) is -1.60. The third-order valence-electron chi connectivity index (χ3n) is 5.91. The van der Waals surface area contributed by atoms with E-state index in [0.29, 0.717) is 18.5 Å². The number of benzene rings is 2. The second-order valence-corrected chi connectivity index (χ2v) is 10.0. The van der Waals surface area contributed by atoms with Crippen molar-refractivity contribution >= 4 is 27.5 Å². The summed E-state index contributed by atoms with van der Waals surface area (Å²) in [7, 11) is -3.64. The summed E-state index contributed by atoms with van der Waals surface area (Å²) < 4.78 is 40.8. The molecule has 0 aliphatic carbocycles. The molecule has 1 heterocycles. The number of nitrogens with two attached hydrogens (primary N) is 1. The maximum Gasteiger partial charge on any atom is 0.243 e. The van der Waals surface area contributed by atoms with E-state index in [-0.39, 0.29) is 36.9 Å². The maximum absolute atomic E-state index is 13.3. The van der Waals surface area contributed by atoms with Crippen molar-refractivity contribution in [2.45, 2.75) is 38.0 Å². The van der Waals surface area contributed by atoms with Crippen LogP contribution in [-0.4, -0.2) is 44.2 Å². The third-order valence-corrected chi connectivity index (χ3v) is 7.80. The monoisotopic (exact) mass is 461 g/mol. The molecule has 0 radical (unpaired) electrons. The van der Waals surface area contributed by atoms with Gasteiger partial charge in [0.05, 0.1) is 4.90 Å². The van der Waals surface area contributed by atoms with E-state index in [4.69, 9.17) is 5.73 Å². The molecule has 0 aromatic heterocycles. The van der Waals surface area contributed by atoms with Crippen LogP contribution in [0.4, 0.5) is 10.1 Å². The molecule has 0 bridgehead atoms. The van der Waals surface area contributed by atoms with Crippen LogP contribution >= 0.6 is 0 Å². The topological polar surface area (TPSA) is 101 Å². The highest BCUT2D eigenvalue weighted by Gasteiger charge is 2.34. The fraction of sp³-hybridized carbons (Fsp3) is 0.391. The lowest BCUT2D eigenvalue weighted by molar-refractivity contribution is -0.123. The lowest BCUT2D eigenvalue weighted by Crippen LogP contribution is -2.45. The minimum atomic E-state index is -3.64. The van der Waals surface area contributed by atoms with Crippen LogP contribution < -0.4 is 10.6 Å². The number of nitrogens with zero attached hydrogens (tertiary/aromatic N) is 2. The van der Waals surface area contributed by atoms with Crippen LogP contribution in [0, 0.1) is 25.6 Å². The number of rotatable bonds is 7. The van der Waals surface area contributed by atoms with Gasteiger partial charge in [0, 0.05) is 37.7 Å². The summed E-state index contributed by atoms with van der Waals surface area (Å²) in [4.78, 5) is 26.2. The number of hydrogen-bond donors (Lipinski definition) is 1. The first-order valence-electron chi connectivity index (χ1n) is 10.5. The number of anilines is 1. The molecule has 1 fully saturated rings. The Bertz CT molecular complexity index is 1090. The van der Waals surface area contributed by atoms with Crippen LogP contribution in [0.3, 0.4) is 0 Å². The molecule has 0 atom stereocenters. The van der Waals surface area contributed by atoms with E-state index in [1.165, 1.54) is 33.5 Å². The molecule has 0 saturated carbocycles. The van der Waals surface area contributed by atoms with Gasteiger partial charge in [-0.3, -0.25) is 9.59 Å². The van der Waals surface area contributed by atoms with E-state index < -0.39 is 27.7 Å². The molecule has 2 aromatic carbocycles. The largest absolute Gasteiger partial charge is 0.370 e. The van der Waals surface area contributed by atoms with Gasteiger partial charge in [-0.1, -0.05) is 6.07 Å². The molecule has 3 rings (SSSR count). The number of piperidine rings is 1. The molecule has 2 N–H and O–H groups in total. The summed E-state index contributed by atoms with van der Waals surface area (Å²) in [6.07, 6.45) is 0.692. The zero-order valence-electron chi connectivity index (χ0n) is 18.3. The fourth-order valence-corrected chi connectivity index (χ4v) is 5.35. The van der Waals surface area contributed by atoms with Crippen molar-refractivity contribution in [1.29, 1.82) is 0 Å². The number of primary amides is 1. The number of halogens is 1. The molecule has 32 heavy (non-hydrogen) atoms. The molecule has 1 saturated heterocycles. The maximum atomic E-state index is 13.3. The fourth-order valence-electron chi connectivity index (χ4n) is 3.80. The first kappa shape index (κ1) is 23.9. The highest BCUT2D eigenvalue weighted by atomic mass is 32.2. The van der Waals surface area contributed by atoms with Crippen LogP contribution in [0.1, 0.15) is 30.4 Å². The van der Waals surface area contributed by atoms with E-state index in [9.17, 15) is 22.4 Å². The van der Waals surface area contributed by atoms with Gasteiger partial charge in [-0.15, -0.1) is 0 Å². The Balaban J connectivity index is 1.72. The number of amides is 2. The molecule has 1 aliphatic heterocycles. The average Bonchev–Trinajstić information content (AvgIpc) is 2.76. The van der Waals surface area contributed by atoms with Gasteiger partial charge in [0.15, 0.2) is 0 Å². The molecular weight excluding hydrogens is 433 g/mol. The third kappa shape index (κ3) is 5.34. The van der Waals surface area contributed by atoms with E-state index >= 15 is 0 Å². The second kappa shape index (κ2) is 9.79. The van der Waals surface area contributed by atoms with Crippen molar-refractivity contribution in [3.05, 3.63) is 59.4 Å². The lowest BCUT2D eigenvalue weighted by atomic mass is 9.96. The first-order chi connectivity index (χ1) is 15.1. The zero-order valence-corrected chi connectivity index (χ0v) is 19.1. The number of hydrogen-bond acceptors (Lipinski definition) is 4. The van der Waals surface area contributed by atoms with Gasteiger partial charge in [0.25, 0.3) is 0 Å². The Morgan fingerprint density at radius 3 is 2.25 bits per heavy atom. The molecule has 9 heteroatoms. The number of aryl methyl sites for hydroxylation is 2. The number of carbonyl (C=O) groups is 2. The van der Waals surface area contributed by atoms with Crippen LogP contribution in [0.5, 0.6) is 0 Å². The lowest BCUT2D eigenvalue weighted by Gasteiger charge is -2.33. The second-order valence-electron chi connectivity index (χ2n) is 8.11. The summed E-state index contributed by atoms with van der Waals surface area (Å²) >= 11 is 0. The Kier molecular flexibility index (Phi) is 7.30. The smallest absolute Gasteiger partial charge is 0.243 e. The van der Waals surface area contributed by atoms with Gasteiger partial charge in [0.1, 0.15) is 5.82 Å². The zero-order chi connectivity index (χ0) is 23.5. The van der Waals surface area contributed by atoms with Gasteiger partial charge >= 0.3 is 0 Å². The van der Waals surface area contributed by atoms with Crippen LogP contribution in [0.2, 0.25) is 0 Å². The Labute approximate surface area is 188 Å². The quantitative estimate of drug-likeness (QED) is 0.685. The van der Waals surface area contributed by atoms with Crippen molar-refractivity contribution in [2.75, 3.05) is 24.5 Å². The van der Waals surface area contributed by atoms with Crippen molar-refractivity contribution in [3.8, 4) is 0 Å². The minimum absolute atomic E-state index is 0.0247. The average molecular weight is 462 g/mol. The van der Waals surface area contributed by atoms with Crippen LogP contribution in [0.15, 0.2) is 47.4 Å². The summed E-state index contributed by atoms with van der Waals surface area (Å²) in [5.41, 5.74) is 7.65. The van der Waals surface area contributed by atoms with Gasteiger partial charge in [-0.2, -0.15) is 4.31 Å². The molecule has 2 amide bonds. The van der Waals surface area contributed by atoms with E-state index in [2.05, 4.69) is 0 Å². The van der Waals surface area contributed by atoms with Gasteiger partial charge in [0.2, 0.25) is 21.8 Å². The standard InChI is InChI=1S/C23H28FN3O4S/c1-16-3-8-21(15-17(16)2)32(30,31)26-12-9-18(10-13-26)23(29)27(14-11-22(25)28)20-6-4-19(24)5-7-20/h3-8,15,18H,9-14H2,1-2H3,(H2,25,28). The van der Waals surface area contributed by atoms with E-state index in [1.807, 2.05) is 13.8 Å². The van der Waals surface area contributed by atoms with Gasteiger partial charge in [-0.05, 0) is 74.2 Å². The normalized spacial score (nSPS) is 15.5. The Morgan fingerprint density at radius 1 is 1.06 bits per heavy atom. The van der Waals surface area contributed by atoms with Crippen LogP contribution in [0.25, 0.3) is 0 Å². The van der Waals surface area contributed by atoms with Crippen LogP contribution in [-0.2, 0) is 19.6 Å². The minimum Gasteiger partial charge on any atom is -0.370 e. The predicted molar refractivity (Wildman–Crippen MR) is 120 cm³/mol. The molecule has 2 aromatic rings. The molecule has 7 nitrogen and oxygen atoms in total. The van der Waals surface area contributed by atoms with Crippen molar-refractivity contribution in [3.63, 3.8) is 0 Å².